The summed E-state index contributed by atoms with van der Waals surface area (Å²) in [6.45, 7) is 2.35. The molecule has 1 aliphatic heterocycles. The highest BCUT2D eigenvalue weighted by atomic mass is 35.5. The first-order chi connectivity index (χ1) is 11.1. The summed E-state index contributed by atoms with van der Waals surface area (Å²) in [5, 5.41) is 11.6. The Hall–Kier alpha value is -1.40. The summed E-state index contributed by atoms with van der Waals surface area (Å²) < 4.78 is 5.31. The molecular weight excluding hydrogens is 314 g/mol. The molecule has 0 bridgehead atoms. The number of ether oxygens (including phenoxy) is 1. The second-order valence-electron chi connectivity index (χ2n) is 6.04. The number of nitrogens with zero attached hydrogens (tertiary/aromatic N) is 2. The van der Waals surface area contributed by atoms with Gasteiger partial charge in [-0.25, -0.2) is 0 Å². The molecule has 1 fully saturated rings. The van der Waals surface area contributed by atoms with Crippen molar-refractivity contribution in [2.45, 2.75) is 25.0 Å². The number of aromatic nitrogens is 1. The fourth-order valence-electron chi connectivity index (χ4n) is 3.07. The van der Waals surface area contributed by atoms with Crippen molar-refractivity contribution in [1.29, 1.82) is 0 Å². The summed E-state index contributed by atoms with van der Waals surface area (Å²) >= 11 is 6.38. The molecule has 1 aromatic carbocycles. The van der Waals surface area contributed by atoms with E-state index in [2.05, 4.69) is 9.88 Å². The van der Waals surface area contributed by atoms with E-state index in [1.807, 2.05) is 18.2 Å². The van der Waals surface area contributed by atoms with Crippen molar-refractivity contribution in [1.82, 2.24) is 9.88 Å². The summed E-state index contributed by atoms with van der Waals surface area (Å²) in [5.41, 5.74) is 7.84. The van der Waals surface area contributed by atoms with Gasteiger partial charge in [-0.3, -0.25) is 4.98 Å². The van der Waals surface area contributed by atoms with Gasteiger partial charge in [-0.1, -0.05) is 11.6 Å². The zero-order valence-electron chi connectivity index (χ0n) is 13.2. The van der Waals surface area contributed by atoms with Crippen LogP contribution in [0.2, 0.25) is 5.02 Å². The fraction of sp³-hybridized carbons (Fsp3) is 0.471. The van der Waals surface area contributed by atoms with Gasteiger partial charge >= 0.3 is 0 Å². The molecule has 1 saturated heterocycles. The van der Waals surface area contributed by atoms with E-state index in [1.165, 1.54) is 0 Å². The number of likely N-dealkylation sites (tertiary alicyclic amines) is 1. The molecule has 1 aromatic heterocycles. The highest BCUT2D eigenvalue weighted by Crippen LogP contribution is 2.28. The van der Waals surface area contributed by atoms with Gasteiger partial charge in [0.1, 0.15) is 5.75 Å². The molecule has 2 aromatic rings. The molecule has 5 nitrogen and oxygen atoms in total. The van der Waals surface area contributed by atoms with Crippen LogP contribution in [0.15, 0.2) is 24.4 Å². The first-order valence-corrected chi connectivity index (χ1v) is 8.23. The lowest BCUT2D eigenvalue weighted by Crippen LogP contribution is -2.50. The molecule has 1 aliphatic rings. The van der Waals surface area contributed by atoms with Crippen LogP contribution < -0.4 is 10.5 Å². The zero-order chi connectivity index (χ0) is 16.4. The third-order valence-corrected chi connectivity index (χ3v) is 4.86. The van der Waals surface area contributed by atoms with Gasteiger partial charge in [0.05, 0.1) is 23.8 Å². The van der Waals surface area contributed by atoms with E-state index in [4.69, 9.17) is 22.1 Å². The van der Waals surface area contributed by atoms with Crippen molar-refractivity contribution >= 4 is 22.5 Å². The molecule has 3 rings (SSSR count). The molecule has 23 heavy (non-hydrogen) atoms. The Morgan fingerprint density at radius 3 is 3.04 bits per heavy atom. The summed E-state index contributed by atoms with van der Waals surface area (Å²) in [7, 11) is 1.65. The standard InChI is InChI=1S/C17H22ClN3O2/c1-23-11-2-3-16-13(8-11)12(14(18)9-20-16)4-6-21-7-5-15(19)17(22)10-21/h2-3,8-9,15,17,22H,4-7,10,19H2,1H3/t15-,17+/m0/s1. The van der Waals surface area contributed by atoms with E-state index in [1.54, 1.807) is 13.3 Å². The Morgan fingerprint density at radius 2 is 2.30 bits per heavy atom. The van der Waals surface area contributed by atoms with Gasteiger partial charge < -0.3 is 20.5 Å². The summed E-state index contributed by atoms with van der Waals surface area (Å²) in [4.78, 5) is 6.61. The number of pyridine rings is 1. The van der Waals surface area contributed by atoms with Gasteiger partial charge in [-0.2, -0.15) is 0 Å². The van der Waals surface area contributed by atoms with Gasteiger partial charge in [0, 0.05) is 30.7 Å². The largest absolute Gasteiger partial charge is 0.497 e. The van der Waals surface area contributed by atoms with Crippen molar-refractivity contribution in [2.24, 2.45) is 5.73 Å². The van der Waals surface area contributed by atoms with Crippen LogP contribution in [-0.4, -0.2) is 53.9 Å². The van der Waals surface area contributed by atoms with Crippen LogP contribution in [-0.2, 0) is 6.42 Å². The third-order valence-electron chi connectivity index (χ3n) is 4.53. The average Bonchev–Trinajstić information content (AvgIpc) is 2.56. The lowest BCUT2D eigenvalue weighted by Gasteiger charge is -2.34. The van der Waals surface area contributed by atoms with Crippen LogP contribution in [0.3, 0.4) is 0 Å². The molecule has 124 valence electrons. The van der Waals surface area contributed by atoms with E-state index in [9.17, 15) is 5.11 Å². The number of rotatable bonds is 4. The van der Waals surface area contributed by atoms with E-state index in [-0.39, 0.29) is 6.04 Å². The second kappa shape index (κ2) is 7.01. The van der Waals surface area contributed by atoms with E-state index < -0.39 is 6.10 Å². The zero-order valence-corrected chi connectivity index (χ0v) is 14.0. The van der Waals surface area contributed by atoms with Crippen LogP contribution in [0.5, 0.6) is 5.75 Å². The van der Waals surface area contributed by atoms with Crippen molar-refractivity contribution < 1.29 is 9.84 Å². The van der Waals surface area contributed by atoms with Gasteiger partial charge in [-0.05, 0) is 43.1 Å². The topological polar surface area (TPSA) is 71.6 Å². The maximum atomic E-state index is 9.92. The molecule has 0 unspecified atom stereocenters. The lowest BCUT2D eigenvalue weighted by molar-refractivity contribution is 0.0542. The van der Waals surface area contributed by atoms with Gasteiger partial charge in [0.15, 0.2) is 0 Å². The molecular formula is C17H22ClN3O2. The van der Waals surface area contributed by atoms with Gasteiger partial charge in [0.2, 0.25) is 0 Å². The van der Waals surface area contributed by atoms with Crippen LogP contribution in [0.4, 0.5) is 0 Å². The van der Waals surface area contributed by atoms with E-state index in [0.717, 1.165) is 48.1 Å². The number of hydrogen-bond donors (Lipinski definition) is 2. The molecule has 6 heteroatoms. The van der Waals surface area contributed by atoms with Crippen LogP contribution >= 0.6 is 11.6 Å². The predicted octanol–water partition coefficient (Wildman–Crippen LogP) is 1.83. The number of fused-ring (bicyclic) bond motifs is 1. The van der Waals surface area contributed by atoms with Crippen LogP contribution in [0, 0.1) is 0 Å². The fourth-order valence-corrected chi connectivity index (χ4v) is 3.32. The molecule has 0 radical (unpaired) electrons. The van der Waals surface area contributed by atoms with Gasteiger partial charge in [-0.15, -0.1) is 0 Å². The number of β-amino-alcohol motifs (C(OH)–C–C–N with tert-alkyl or cyclic N) is 1. The van der Waals surface area contributed by atoms with Crippen molar-refractivity contribution in [3.8, 4) is 5.75 Å². The maximum absolute atomic E-state index is 9.92. The van der Waals surface area contributed by atoms with Crippen molar-refractivity contribution in [2.75, 3.05) is 26.7 Å². The summed E-state index contributed by atoms with van der Waals surface area (Å²) in [5.74, 6) is 0.794. The van der Waals surface area contributed by atoms with E-state index >= 15 is 0 Å². The Morgan fingerprint density at radius 1 is 1.48 bits per heavy atom. The average molecular weight is 336 g/mol. The molecule has 2 atom stereocenters. The lowest BCUT2D eigenvalue weighted by atomic mass is 10.0. The number of halogens is 1. The minimum absolute atomic E-state index is 0.110. The number of piperidine rings is 1. The Labute approximate surface area is 141 Å². The predicted molar refractivity (Wildman–Crippen MR) is 92.0 cm³/mol. The quantitative estimate of drug-likeness (QED) is 0.892. The highest BCUT2D eigenvalue weighted by Gasteiger charge is 2.24. The van der Waals surface area contributed by atoms with E-state index in [0.29, 0.717) is 11.6 Å². The van der Waals surface area contributed by atoms with Gasteiger partial charge in [0.25, 0.3) is 0 Å². The molecule has 0 saturated carbocycles. The highest BCUT2D eigenvalue weighted by molar-refractivity contribution is 6.32. The number of aliphatic hydroxyl groups excluding tert-OH is 1. The number of methoxy groups -OCH3 is 1. The number of benzene rings is 1. The Bertz CT molecular complexity index is 695. The van der Waals surface area contributed by atoms with Crippen LogP contribution in [0.25, 0.3) is 10.9 Å². The second-order valence-corrected chi connectivity index (χ2v) is 6.45. The molecule has 0 spiro atoms. The summed E-state index contributed by atoms with van der Waals surface area (Å²) in [6, 6.07) is 5.71. The normalized spacial score (nSPS) is 22.4. The minimum atomic E-state index is -0.450. The first-order valence-electron chi connectivity index (χ1n) is 7.85. The number of aliphatic hydroxyl groups is 1. The SMILES string of the molecule is COc1ccc2ncc(Cl)c(CCN3CC[C@H](N)[C@H](O)C3)c2c1. The number of hydrogen-bond acceptors (Lipinski definition) is 5. The number of nitrogens with two attached hydrogens (primary N) is 1. The summed E-state index contributed by atoms with van der Waals surface area (Å²) in [6.07, 6.45) is 2.87. The molecule has 0 aliphatic carbocycles. The monoisotopic (exact) mass is 335 g/mol. The maximum Gasteiger partial charge on any atom is 0.119 e. The van der Waals surface area contributed by atoms with Crippen molar-refractivity contribution in [3.63, 3.8) is 0 Å². The molecule has 2 heterocycles. The first kappa shape index (κ1) is 16.5. The van der Waals surface area contributed by atoms with Crippen molar-refractivity contribution in [3.05, 3.63) is 35.0 Å². The molecule has 3 N–H and O–H groups in total. The Balaban J connectivity index is 1.80. The Kier molecular flexibility index (Phi) is 5.02. The third kappa shape index (κ3) is 3.58. The minimum Gasteiger partial charge on any atom is -0.497 e. The van der Waals surface area contributed by atoms with Crippen LogP contribution in [0.1, 0.15) is 12.0 Å². The smallest absolute Gasteiger partial charge is 0.119 e. The molecule has 0 amide bonds.